The lowest BCUT2D eigenvalue weighted by Gasteiger charge is -2.47. The van der Waals surface area contributed by atoms with E-state index >= 15 is 0 Å². The minimum Gasteiger partial charge on any atom is -0.462 e. The van der Waals surface area contributed by atoms with Crippen LogP contribution in [0.25, 0.3) is 11.1 Å². The van der Waals surface area contributed by atoms with Gasteiger partial charge in [0.2, 0.25) is 12.2 Å². The lowest BCUT2D eigenvalue weighted by molar-refractivity contribution is -0.352. The second-order valence-electron chi connectivity index (χ2n) is 18.6. The molecule has 0 radical (unpaired) electrons. The van der Waals surface area contributed by atoms with Gasteiger partial charge in [-0.3, -0.25) is 15.4 Å². The molecule has 4 unspecified atom stereocenters. The number of halogens is 3. The van der Waals surface area contributed by atoms with E-state index in [4.69, 9.17) is 28.4 Å². The van der Waals surface area contributed by atoms with Crippen LogP contribution in [0.15, 0.2) is 146 Å². The summed E-state index contributed by atoms with van der Waals surface area (Å²) in [4.78, 5) is 41.1. The van der Waals surface area contributed by atoms with Gasteiger partial charge in [0.25, 0.3) is 0 Å². The highest BCUT2D eigenvalue weighted by Crippen LogP contribution is 2.47. The van der Waals surface area contributed by atoms with Crippen LogP contribution in [0.4, 0.5) is 39.8 Å². The van der Waals surface area contributed by atoms with Crippen molar-refractivity contribution in [3.63, 3.8) is 0 Å². The van der Waals surface area contributed by atoms with Gasteiger partial charge in [-0.2, -0.15) is 0 Å². The zero-order valence-electron chi connectivity index (χ0n) is 41.3. The third-order valence-corrected chi connectivity index (χ3v) is 14.7. The summed E-state index contributed by atoms with van der Waals surface area (Å²) in [6.45, 7) is 0.382. The number of carbonyl (C=O) groups is 3. The maximum Gasteiger partial charge on any atom is 0.411 e. The molecule has 0 aliphatic carbocycles. The molecular weight excluding hydrogens is 1040 g/mol. The average Bonchev–Trinajstić information content (AvgIpc) is 3.63. The van der Waals surface area contributed by atoms with Gasteiger partial charge in [0.1, 0.15) is 90.5 Å². The van der Waals surface area contributed by atoms with E-state index in [1.807, 2.05) is 55.5 Å². The largest absolute Gasteiger partial charge is 0.462 e. The third kappa shape index (κ3) is 12.6. The molecule has 3 heterocycles. The van der Waals surface area contributed by atoms with Gasteiger partial charge < -0.3 is 64.0 Å². The van der Waals surface area contributed by atoms with Crippen molar-refractivity contribution in [3.05, 3.63) is 180 Å². The Labute approximate surface area is 448 Å². The van der Waals surface area contributed by atoms with Crippen LogP contribution in [0, 0.1) is 24.4 Å². The van der Waals surface area contributed by atoms with Crippen molar-refractivity contribution in [2.24, 2.45) is 0 Å². The van der Waals surface area contributed by atoms with Crippen LogP contribution in [0.2, 0.25) is 0 Å². The molecular formula is C56H54F3N3O15S. The maximum atomic E-state index is 14.4. The minimum atomic E-state index is -2.03. The van der Waals surface area contributed by atoms with Gasteiger partial charge in [-0.1, -0.05) is 84.9 Å². The lowest BCUT2D eigenvalue weighted by Crippen LogP contribution is -2.65. The van der Waals surface area contributed by atoms with Crippen LogP contribution >= 0.6 is 11.8 Å². The predicted octanol–water partition coefficient (Wildman–Crippen LogP) is 6.52. The molecule has 0 aromatic heterocycles. The molecule has 9 rings (SSSR count). The Morgan fingerprint density at radius 1 is 0.654 bits per heavy atom. The number of nitrogens with zero attached hydrogens (tertiary/aromatic N) is 1. The van der Waals surface area contributed by atoms with Gasteiger partial charge in [-0.05, 0) is 95.4 Å². The molecule has 3 saturated heterocycles. The van der Waals surface area contributed by atoms with E-state index in [1.165, 1.54) is 72.4 Å². The molecule has 0 saturated carbocycles. The summed E-state index contributed by atoms with van der Waals surface area (Å²) in [5.74, 6) is -1.78. The first kappa shape index (κ1) is 55.7. The first-order chi connectivity index (χ1) is 37.5. The minimum absolute atomic E-state index is 0.134. The molecule has 6 aromatic rings. The van der Waals surface area contributed by atoms with E-state index in [0.29, 0.717) is 16.8 Å². The number of carbonyl (C=O) groups excluding carboxylic acids is 3. The number of benzene rings is 6. The molecule has 6 aromatic carbocycles. The highest BCUT2D eigenvalue weighted by atomic mass is 32.2. The monoisotopic (exact) mass is 1100 g/mol. The summed E-state index contributed by atoms with van der Waals surface area (Å²) in [6, 6.07) is 37.2. The van der Waals surface area contributed by atoms with Gasteiger partial charge in [-0.25, -0.2) is 22.8 Å². The Hall–Kier alpha value is -7.09. The number of aliphatic hydroxyl groups excluding tert-OH is 6. The average molecular weight is 1100 g/mol. The summed E-state index contributed by atoms with van der Waals surface area (Å²) in [5.41, 5.74) is 3.84. The zero-order chi connectivity index (χ0) is 55.2. The number of ether oxygens (including phenoxy) is 6. The zero-order valence-corrected chi connectivity index (χ0v) is 42.1. The summed E-state index contributed by atoms with van der Waals surface area (Å²) < 4.78 is 76.6. The fraction of sp³-hybridized carbons (Fsp3) is 0.304. The lowest BCUT2D eigenvalue weighted by atomic mass is 9.88. The summed E-state index contributed by atoms with van der Waals surface area (Å²) >= 11 is 1.31. The maximum absolute atomic E-state index is 14.4. The number of hydrogen-bond donors (Lipinski definition) is 8. The smallest absolute Gasteiger partial charge is 0.411 e. The quantitative estimate of drug-likeness (QED) is 0.0453. The summed E-state index contributed by atoms with van der Waals surface area (Å²) in [6.07, 6.45) is -21.6. The fourth-order valence-electron chi connectivity index (χ4n) is 9.21. The van der Waals surface area contributed by atoms with Crippen molar-refractivity contribution in [3.8, 4) is 16.9 Å². The molecule has 0 spiro atoms. The van der Waals surface area contributed by atoms with Crippen molar-refractivity contribution in [1.29, 1.82) is 0 Å². The third-order valence-electron chi connectivity index (χ3n) is 13.4. The first-order valence-corrected chi connectivity index (χ1v) is 25.6. The van der Waals surface area contributed by atoms with Crippen LogP contribution in [-0.2, 0) is 28.5 Å². The van der Waals surface area contributed by atoms with Crippen LogP contribution in [-0.4, -0.2) is 134 Å². The number of rotatable bonds is 17. The number of hydrogen-bond acceptors (Lipinski definition) is 16. The molecule has 8 N–H and O–H groups in total. The van der Waals surface area contributed by atoms with E-state index in [0.717, 1.165) is 28.8 Å². The first-order valence-electron chi connectivity index (χ1n) is 24.6. The molecule has 3 aliphatic heterocycles. The number of β-lactam (4-membered cyclic amide) rings is 1. The van der Waals surface area contributed by atoms with Crippen molar-refractivity contribution in [2.75, 3.05) is 34.5 Å². The van der Waals surface area contributed by atoms with E-state index in [2.05, 4.69) is 10.6 Å². The highest BCUT2D eigenvalue weighted by molar-refractivity contribution is 8.00. The summed E-state index contributed by atoms with van der Waals surface area (Å²) in [5, 5.41) is 70.7. The van der Waals surface area contributed by atoms with Crippen molar-refractivity contribution in [1.82, 2.24) is 0 Å². The number of aliphatic hydroxyl groups is 6. The van der Waals surface area contributed by atoms with Crippen molar-refractivity contribution < 1.29 is 86.6 Å². The van der Waals surface area contributed by atoms with E-state index in [-0.39, 0.29) is 28.8 Å². The number of thioether (sulfide) groups is 1. The van der Waals surface area contributed by atoms with E-state index in [1.54, 1.807) is 29.2 Å². The molecule has 18 nitrogen and oxygen atoms in total. The molecule has 410 valence electrons. The van der Waals surface area contributed by atoms with Gasteiger partial charge in [0.15, 0.2) is 6.29 Å². The molecule has 3 fully saturated rings. The van der Waals surface area contributed by atoms with Crippen LogP contribution in [0.5, 0.6) is 5.75 Å². The standard InChI is InChI=1S/C56H54F3N3O15S/c1-29-24-32(20-23-36(29)44-51(52(69)62(44)34-11-3-2-4-12-34)78-28-41(63)30-18-21-33(57)22-19-30)31-10-9-13-35(25-31)74-53-49(68)47(66)50(43(76-53)27-73-56(71)61-40-17-8-6-15-38(40)59)77-54-48(67)46(65)45(64)42(75-54)26-72-55(70)60-39-16-7-5-14-37(39)58/h2-25,41-51,53-54,63-68H,26-28H2,1H3,(H,60,70)(H,61,71)/t41-,42?,43?,44+,45-,46-,47+,48?,49?,50-,51+,53+,54-/m0/s1. The molecule has 0 bridgehead atoms. The Morgan fingerprint density at radius 2 is 1.24 bits per heavy atom. The Morgan fingerprint density at radius 3 is 1.88 bits per heavy atom. The van der Waals surface area contributed by atoms with Crippen LogP contribution < -0.4 is 20.3 Å². The Kier molecular flexibility index (Phi) is 17.6. The van der Waals surface area contributed by atoms with Crippen molar-refractivity contribution >= 4 is 46.9 Å². The molecule has 22 heteroatoms. The molecule has 3 aliphatic rings. The Balaban J connectivity index is 0.909. The second-order valence-corrected chi connectivity index (χ2v) is 19.7. The highest BCUT2D eigenvalue weighted by Gasteiger charge is 2.53. The van der Waals surface area contributed by atoms with E-state index < -0.39 is 122 Å². The fourth-order valence-corrected chi connectivity index (χ4v) is 10.5. The van der Waals surface area contributed by atoms with Gasteiger partial charge in [-0.15, -0.1) is 11.8 Å². The topological polar surface area (TPSA) is 255 Å². The number of aryl methyl sites for hydroxylation is 1. The number of nitrogens with one attached hydrogen (secondary N) is 2. The molecule has 13 atom stereocenters. The van der Waals surface area contributed by atoms with Gasteiger partial charge >= 0.3 is 12.2 Å². The van der Waals surface area contributed by atoms with E-state index in [9.17, 15) is 58.2 Å². The summed E-state index contributed by atoms with van der Waals surface area (Å²) in [7, 11) is 0. The number of anilines is 3. The number of amides is 3. The normalized spacial score (nSPS) is 26.3. The Bertz CT molecular complexity index is 3060. The SMILES string of the molecule is Cc1cc(-c2cccc(O[C@@H]3OC(COC(=O)Nc4ccccc4F)[C@H](O[C@@H]4OC(COC(=O)Nc5ccccc5F)[C@H](O)[C@H](O)C4O)[C@H](O)C3O)c2)ccc1[C@@H]1[C@@H](SC[C@H](O)c2ccc(F)cc2)C(=O)N1c1ccccc1. The van der Waals surface area contributed by atoms with Gasteiger partial charge in [0, 0.05) is 11.4 Å². The molecule has 78 heavy (non-hydrogen) atoms. The van der Waals surface area contributed by atoms with Gasteiger partial charge in [0.05, 0.1) is 23.5 Å². The number of para-hydroxylation sites is 3. The second kappa shape index (κ2) is 24.7. The van der Waals surface area contributed by atoms with Crippen LogP contribution in [0.3, 0.4) is 0 Å². The van der Waals surface area contributed by atoms with Crippen LogP contribution in [0.1, 0.15) is 28.8 Å². The van der Waals surface area contributed by atoms with Crippen molar-refractivity contribution in [2.45, 2.75) is 85.7 Å². The molecule has 3 amide bonds. The predicted molar refractivity (Wildman–Crippen MR) is 276 cm³/mol.